The zero-order valence-electron chi connectivity index (χ0n) is 12.6. The van der Waals surface area contributed by atoms with E-state index >= 15 is 0 Å². The predicted molar refractivity (Wildman–Crippen MR) is 85.7 cm³/mol. The molecule has 0 atom stereocenters. The zero-order valence-corrected chi connectivity index (χ0v) is 13.4. The van der Waals surface area contributed by atoms with Gasteiger partial charge in [0.15, 0.2) is 11.5 Å². The summed E-state index contributed by atoms with van der Waals surface area (Å²) in [5.41, 5.74) is 0.940. The molecule has 0 aliphatic carbocycles. The lowest BCUT2D eigenvalue weighted by atomic mass is 10.2. The first-order valence-electron chi connectivity index (χ1n) is 7.07. The van der Waals surface area contributed by atoms with E-state index in [4.69, 9.17) is 9.47 Å². The van der Waals surface area contributed by atoms with E-state index in [2.05, 4.69) is 5.32 Å². The second kappa shape index (κ2) is 6.70. The fourth-order valence-electron chi connectivity index (χ4n) is 2.19. The molecule has 0 bridgehead atoms. The molecule has 120 valence electrons. The summed E-state index contributed by atoms with van der Waals surface area (Å²) in [4.78, 5) is 26.1. The monoisotopic (exact) mass is 332 g/mol. The number of carbonyl (C=O) groups excluding carboxylic acids is 2. The van der Waals surface area contributed by atoms with Crippen LogP contribution in [0.5, 0.6) is 11.5 Å². The van der Waals surface area contributed by atoms with E-state index in [1.54, 1.807) is 24.1 Å². The van der Waals surface area contributed by atoms with Gasteiger partial charge in [-0.3, -0.25) is 9.59 Å². The number of fused-ring (bicyclic) bond motifs is 1. The minimum Gasteiger partial charge on any atom is -0.454 e. The highest BCUT2D eigenvalue weighted by atomic mass is 32.1. The summed E-state index contributed by atoms with van der Waals surface area (Å²) in [6.07, 6.45) is 0. The summed E-state index contributed by atoms with van der Waals surface area (Å²) in [7, 11) is 1.70. The minimum atomic E-state index is -0.232. The lowest BCUT2D eigenvalue weighted by molar-refractivity contribution is -0.129. The van der Waals surface area contributed by atoms with E-state index in [1.165, 1.54) is 11.3 Å². The Morgan fingerprint density at radius 3 is 2.87 bits per heavy atom. The van der Waals surface area contributed by atoms with E-state index in [1.807, 2.05) is 23.6 Å². The average Bonchev–Trinajstić information content (AvgIpc) is 3.22. The number of nitrogens with one attached hydrogen (secondary N) is 1. The minimum absolute atomic E-state index is 0.0300. The number of hydrogen-bond donors (Lipinski definition) is 1. The van der Waals surface area contributed by atoms with Gasteiger partial charge in [-0.25, -0.2) is 0 Å². The molecule has 0 spiro atoms. The van der Waals surface area contributed by atoms with Crippen molar-refractivity contribution in [1.29, 1.82) is 0 Å². The first kappa shape index (κ1) is 15.4. The molecule has 7 heteroatoms. The Morgan fingerprint density at radius 2 is 2.09 bits per heavy atom. The van der Waals surface area contributed by atoms with Crippen LogP contribution in [-0.4, -0.2) is 37.1 Å². The molecule has 2 amide bonds. The number of benzene rings is 1. The number of thiophene rings is 1. The van der Waals surface area contributed by atoms with Crippen molar-refractivity contribution >= 4 is 23.2 Å². The standard InChI is InChI=1S/C16H16N2O4S/c1-18(9-11-4-5-12-13(7-11)22-10-21-12)15(19)8-17-16(20)14-3-2-6-23-14/h2-7H,8-10H2,1H3,(H,17,20). The van der Waals surface area contributed by atoms with Crippen LogP contribution >= 0.6 is 11.3 Å². The van der Waals surface area contributed by atoms with Crippen LogP contribution in [0.25, 0.3) is 0 Å². The van der Waals surface area contributed by atoms with Gasteiger partial charge in [0, 0.05) is 13.6 Å². The normalized spacial score (nSPS) is 12.0. The molecule has 0 saturated heterocycles. The zero-order chi connectivity index (χ0) is 16.2. The maximum Gasteiger partial charge on any atom is 0.261 e. The van der Waals surface area contributed by atoms with Crippen LogP contribution in [0.4, 0.5) is 0 Å². The number of carbonyl (C=O) groups is 2. The van der Waals surface area contributed by atoms with E-state index in [0.29, 0.717) is 22.9 Å². The van der Waals surface area contributed by atoms with Crippen LogP contribution in [-0.2, 0) is 11.3 Å². The molecule has 6 nitrogen and oxygen atoms in total. The SMILES string of the molecule is CN(Cc1ccc2c(c1)OCO2)C(=O)CNC(=O)c1cccs1. The molecule has 3 rings (SSSR count). The van der Waals surface area contributed by atoms with Crippen molar-refractivity contribution in [2.45, 2.75) is 6.54 Å². The van der Waals surface area contributed by atoms with Gasteiger partial charge >= 0.3 is 0 Å². The van der Waals surface area contributed by atoms with Crippen LogP contribution in [0.15, 0.2) is 35.7 Å². The topological polar surface area (TPSA) is 67.9 Å². The summed E-state index contributed by atoms with van der Waals surface area (Å²) in [5.74, 6) is 1.01. The second-order valence-electron chi connectivity index (χ2n) is 5.10. The molecule has 1 aliphatic heterocycles. The highest BCUT2D eigenvalue weighted by Crippen LogP contribution is 2.32. The number of hydrogen-bond acceptors (Lipinski definition) is 5. The van der Waals surface area contributed by atoms with E-state index in [-0.39, 0.29) is 25.2 Å². The van der Waals surface area contributed by atoms with Crippen molar-refractivity contribution in [3.05, 3.63) is 46.2 Å². The molecule has 0 radical (unpaired) electrons. The fourth-order valence-corrected chi connectivity index (χ4v) is 2.83. The Balaban J connectivity index is 1.52. The first-order valence-corrected chi connectivity index (χ1v) is 7.95. The second-order valence-corrected chi connectivity index (χ2v) is 6.05. The molecule has 1 aromatic heterocycles. The highest BCUT2D eigenvalue weighted by molar-refractivity contribution is 7.12. The third-order valence-electron chi connectivity index (χ3n) is 3.43. The summed E-state index contributed by atoms with van der Waals surface area (Å²) in [5, 5.41) is 4.45. The lowest BCUT2D eigenvalue weighted by Gasteiger charge is -2.17. The maximum absolute atomic E-state index is 12.1. The lowest BCUT2D eigenvalue weighted by Crippen LogP contribution is -2.37. The molecule has 1 aromatic carbocycles. The summed E-state index contributed by atoms with van der Waals surface area (Å²) >= 11 is 1.34. The number of nitrogens with zero attached hydrogens (tertiary/aromatic N) is 1. The molecular formula is C16H16N2O4S. The van der Waals surface area contributed by atoms with E-state index in [0.717, 1.165) is 5.56 Å². The van der Waals surface area contributed by atoms with Crippen molar-refractivity contribution in [3.63, 3.8) is 0 Å². The predicted octanol–water partition coefficient (Wildman–Crippen LogP) is 1.87. The molecule has 0 saturated carbocycles. The van der Waals surface area contributed by atoms with Crippen molar-refractivity contribution in [1.82, 2.24) is 10.2 Å². The number of amides is 2. The quantitative estimate of drug-likeness (QED) is 0.907. The fraction of sp³-hybridized carbons (Fsp3) is 0.250. The summed E-state index contributed by atoms with van der Waals surface area (Å²) < 4.78 is 10.6. The van der Waals surface area contributed by atoms with E-state index < -0.39 is 0 Å². The third kappa shape index (κ3) is 3.62. The number of rotatable bonds is 5. The van der Waals surface area contributed by atoms with E-state index in [9.17, 15) is 9.59 Å². The van der Waals surface area contributed by atoms with Crippen LogP contribution in [0.3, 0.4) is 0 Å². The van der Waals surface area contributed by atoms with Gasteiger partial charge in [-0.2, -0.15) is 0 Å². The van der Waals surface area contributed by atoms with Crippen LogP contribution < -0.4 is 14.8 Å². The van der Waals surface area contributed by atoms with Gasteiger partial charge in [-0.15, -0.1) is 11.3 Å². The van der Waals surface area contributed by atoms with Gasteiger partial charge in [0.05, 0.1) is 11.4 Å². The largest absolute Gasteiger partial charge is 0.454 e. The van der Waals surface area contributed by atoms with Crippen molar-refractivity contribution in [3.8, 4) is 11.5 Å². The van der Waals surface area contributed by atoms with Crippen LogP contribution in [0, 0.1) is 0 Å². The van der Waals surface area contributed by atoms with Gasteiger partial charge in [-0.1, -0.05) is 12.1 Å². The summed E-state index contributed by atoms with van der Waals surface area (Å²) in [6, 6.07) is 9.10. The van der Waals surface area contributed by atoms with Crippen LogP contribution in [0.1, 0.15) is 15.2 Å². The average molecular weight is 332 g/mol. The van der Waals surface area contributed by atoms with Gasteiger partial charge in [-0.05, 0) is 29.1 Å². The van der Waals surface area contributed by atoms with Crippen molar-refractivity contribution < 1.29 is 19.1 Å². The Labute approximate surface area is 137 Å². The van der Waals surface area contributed by atoms with Gasteiger partial charge in [0.2, 0.25) is 12.7 Å². The third-order valence-corrected chi connectivity index (χ3v) is 4.30. The van der Waals surface area contributed by atoms with Crippen molar-refractivity contribution in [2.24, 2.45) is 0 Å². The molecule has 2 heterocycles. The Bertz CT molecular complexity index is 715. The molecule has 2 aromatic rings. The Morgan fingerprint density at radius 1 is 1.26 bits per heavy atom. The summed E-state index contributed by atoms with van der Waals surface area (Å²) in [6.45, 7) is 0.629. The molecule has 23 heavy (non-hydrogen) atoms. The van der Waals surface area contributed by atoms with Crippen molar-refractivity contribution in [2.75, 3.05) is 20.4 Å². The Hall–Kier alpha value is -2.54. The van der Waals surface area contributed by atoms with Gasteiger partial charge in [0.25, 0.3) is 5.91 Å². The molecule has 0 fully saturated rings. The van der Waals surface area contributed by atoms with Crippen LogP contribution in [0.2, 0.25) is 0 Å². The molecule has 1 N–H and O–H groups in total. The molecule has 1 aliphatic rings. The maximum atomic E-state index is 12.1. The molecular weight excluding hydrogens is 316 g/mol. The van der Waals surface area contributed by atoms with Gasteiger partial charge < -0.3 is 19.7 Å². The van der Waals surface area contributed by atoms with Gasteiger partial charge in [0.1, 0.15) is 0 Å². The number of ether oxygens (including phenoxy) is 2. The Kier molecular flexibility index (Phi) is 4.47. The number of likely N-dealkylation sites (N-methyl/N-ethyl adjacent to an activating group) is 1. The smallest absolute Gasteiger partial charge is 0.261 e. The molecule has 0 unspecified atom stereocenters. The highest BCUT2D eigenvalue weighted by Gasteiger charge is 2.16. The first-order chi connectivity index (χ1) is 11.1.